The van der Waals surface area contributed by atoms with Crippen molar-refractivity contribution in [1.29, 1.82) is 0 Å². The van der Waals surface area contributed by atoms with Crippen LogP contribution in [-0.2, 0) is 10.0 Å². The molecule has 2 aromatic carbocycles. The third-order valence-electron chi connectivity index (χ3n) is 4.81. The maximum Gasteiger partial charge on any atom is 0.243 e. The topological polar surface area (TPSA) is 46.6 Å². The lowest BCUT2D eigenvalue weighted by Crippen LogP contribution is -2.34. The average molecular weight is 408 g/mol. The van der Waals surface area contributed by atoms with Crippen molar-refractivity contribution in [3.63, 3.8) is 0 Å². The molecular formula is C21H26ClNO3S. The van der Waals surface area contributed by atoms with Gasteiger partial charge in [-0.2, -0.15) is 4.31 Å². The zero-order chi connectivity index (χ0) is 19.4. The molecule has 146 valence electrons. The first-order valence-electron chi connectivity index (χ1n) is 9.38. The Morgan fingerprint density at radius 1 is 1.04 bits per heavy atom. The number of sulfonamides is 1. The molecule has 3 rings (SSSR count). The van der Waals surface area contributed by atoms with E-state index >= 15 is 0 Å². The monoisotopic (exact) mass is 407 g/mol. The van der Waals surface area contributed by atoms with Gasteiger partial charge in [0.1, 0.15) is 5.75 Å². The highest BCUT2D eigenvalue weighted by atomic mass is 35.5. The van der Waals surface area contributed by atoms with Crippen molar-refractivity contribution in [2.75, 3.05) is 13.1 Å². The minimum atomic E-state index is -3.53. The van der Waals surface area contributed by atoms with Crippen LogP contribution >= 0.6 is 11.6 Å². The number of rotatable bonds is 5. The fourth-order valence-electron chi connectivity index (χ4n) is 3.44. The van der Waals surface area contributed by atoms with Gasteiger partial charge in [-0.1, -0.05) is 30.2 Å². The highest BCUT2D eigenvalue weighted by Gasteiger charge is 2.29. The second-order valence-corrected chi connectivity index (χ2v) is 9.62. The molecule has 0 N–H and O–H groups in total. The van der Waals surface area contributed by atoms with Crippen LogP contribution in [0.2, 0.25) is 5.02 Å². The standard InChI is InChI=1S/C21H26ClNO3S/c1-16(2)26-20-10-12-21(13-11-20)27(24,25)23-14-4-3-5-18(15-23)17-6-8-19(22)9-7-17/h6-13,16,18H,3-5,14-15H2,1-2H3. The number of nitrogens with zero attached hydrogens (tertiary/aromatic N) is 1. The van der Waals surface area contributed by atoms with E-state index in [2.05, 4.69) is 0 Å². The van der Waals surface area contributed by atoms with Gasteiger partial charge in [0, 0.05) is 18.1 Å². The highest BCUT2D eigenvalue weighted by molar-refractivity contribution is 7.89. The van der Waals surface area contributed by atoms with E-state index in [0.717, 1.165) is 24.8 Å². The van der Waals surface area contributed by atoms with Gasteiger partial charge in [-0.25, -0.2) is 8.42 Å². The lowest BCUT2D eigenvalue weighted by molar-refractivity contribution is 0.242. The molecule has 0 aliphatic carbocycles. The number of hydrogen-bond acceptors (Lipinski definition) is 3. The van der Waals surface area contributed by atoms with Crippen LogP contribution in [-0.4, -0.2) is 31.9 Å². The van der Waals surface area contributed by atoms with Crippen LogP contribution in [0.15, 0.2) is 53.4 Å². The second-order valence-electron chi connectivity index (χ2n) is 7.25. The third-order valence-corrected chi connectivity index (χ3v) is 6.94. The molecule has 1 unspecified atom stereocenters. The molecule has 1 atom stereocenters. The summed E-state index contributed by atoms with van der Waals surface area (Å²) in [6.45, 7) is 4.93. The van der Waals surface area contributed by atoms with Gasteiger partial charge < -0.3 is 4.74 Å². The number of halogens is 1. The Balaban J connectivity index is 1.80. The van der Waals surface area contributed by atoms with Gasteiger partial charge in [-0.3, -0.25) is 0 Å². The van der Waals surface area contributed by atoms with Crippen molar-refractivity contribution in [3.05, 3.63) is 59.1 Å². The van der Waals surface area contributed by atoms with Crippen LogP contribution < -0.4 is 4.74 Å². The number of benzene rings is 2. The first-order chi connectivity index (χ1) is 12.9. The summed E-state index contributed by atoms with van der Waals surface area (Å²) in [6, 6.07) is 14.5. The Kier molecular flexibility index (Phi) is 6.45. The summed E-state index contributed by atoms with van der Waals surface area (Å²) in [4.78, 5) is 0.315. The van der Waals surface area contributed by atoms with Crippen LogP contribution in [0.3, 0.4) is 0 Å². The largest absolute Gasteiger partial charge is 0.491 e. The first-order valence-corrected chi connectivity index (χ1v) is 11.2. The lowest BCUT2D eigenvalue weighted by atomic mass is 9.95. The van der Waals surface area contributed by atoms with Gasteiger partial charge >= 0.3 is 0 Å². The molecule has 4 nitrogen and oxygen atoms in total. The van der Waals surface area contributed by atoms with Crippen LogP contribution in [0.1, 0.15) is 44.6 Å². The smallest absolute Gasteiger partial charge is 0.243 e. The molecule has 2 aromatic rings. The quantitative estimate of drug-likeness (QED) is 0.693. The van der Waals surface area contributed by atoms with Crippen molar-refractivity contribution in [3.8, 4) is 5.75 Å². The van der Waals surface area contributed by atoms with Gasteiger partial charge in [0.25, 0.3) is 0 Å². The van der Waals surface area contributed by atoms with Crippen molar-refractivity contribution in [2.45, 2.75) is 50.0 Å². The Labute approximate surface area is 167 Å². The molecule has 1 heterocycles. The zero-order valence-electron chi connectivity index (χ0n) is 15.8. The molecule has 6 heteroatoms. The second kappa shape index (κ2) is 8.63. The summed E-state index contributed by atoms with van der Waals surface area (Å²) in [5.41, 5.74) is 1.14. The summed E-state index contributed by atoms with van der Waals surface area (Å²) in [5.74, 6) is 0.863. The molecule has 0 radical (unpaired) electrons. The maximum absolute atomic E-state index is 13.2. The zero-order valence-corrected chi connectivity index (χ0v) is 17.3. The van der Waals surface area contributed by atoms with Crippen LogP contribution in [0, 0.1) is 0 Å². The summed E-state index contributed by atoms with van der Waals surface area (Å²) in [5, 5.41) is 0.695. The Hall–Kier alpha value is -1.56. The van der Waals surface area contributed by atoms with E-state index in [0.29, 0.717) is 28.8 Å². The van der Waals surface area contributed by atoms with Gasteiger partial charge in [-0.05, 0) is 74.6 Å². The SMILES string of the molecule is CC(C)Oc1ccc(S(=O)(=O)N2CCCCC(c3ccc(Cl)cc3)C2)cc1. The summed E-state index contributed by atoms with van der Waals surface area (Å²) in [7, 11) is -3.53. The molecule has 27 heavy (non-hydrogen) atoms. The van der Waals surface area contributed by atoms with Crippen molar-refractivity contribution < 1.29 is 13.2 Å². The number of ether oxygens (including phenoxy) is 1. The molecule has 0 amide bonds. The summed E-state index contributed by atoms with van der Waals surface area (Å²) >= 11 is 5.99. The van der Waals surface area contributed by atoms with Crippen LogP contribution in [0.5, 0.6) is 5.75 Å². The van der Waals surface area contributed by atoms with E-state index in [4.69, 9.17) is 16.3 Å². The van der Waals surface area contributed by atoms with Crippen molar-refractivity contribution in [1.82, 2.24) is 4.31 Å². The Bertz CT molecular complexity index is 848. The molecule has 0 saturated carbocycles. The Morgan fingerprint density at radius 2 is 1.70 bits per heavy atom. The molecule has 1 aliphatic rings. The van der Waals surface area contributed by atoms with E-state index in [-0.39, 0.29) is 12.0 Å². The predicted molar refractivity (Wildman–Crippen MR) is 109 cm³/mol. The van der Waals surface area contributed by atoms with E-state index in [9.17, 15) is 8.42 Å². The fourth-order valence-corrected chi connectivity index (χ4v) is 5.09. The number of hydrogen-bond donors (Lipinski definition) is 0. The van der Waals surface area contributed by atoms with E-state index in [1.165, 1.54) is 0 Å². The highest BCUT2D eigenvalue weighted by Crippen LogP contribution is 2.30. The fraction of sp³-hybridized carbons (Fsp3) is 0.429. The van der Waals surface area contributed by atoms with Crippen molar-refractivity contribution >= 4 is 21.6 Å². The van der Waals surface area contributed by atoms with Gasteiger partial charge in [-0.15, -0.1) is 0 Å². The summed E-state index contributed by atoms with van der Waals surface area (Å²) < 4.78 is 33.6. The normalized spacial score (nSPS) is 19.0. The molecule has 0 bridgehead atoms. The molecule has 0 spiro atoms. The molecule has 1 aliphatic heterocycles. The van der Waals surface area contributed by atoms with Gasteiger partial charge in [0.2, 0.25) is 10.0 Å². The first kappa shape index (κ1) is 20.2. The van der Waals surface area contributed by atoms with E-state index in [1.54, 1.807) is 28.6 Å². The molecule has 1 saturated heterocycles. The summed E-state index contributed by atoms with van der Waals surface area (Å²) in [6.07, 6.45) is 2.92. The molecule has 1 fully saturated rings. The Morgan fingerprint density at radius 3 is 2.33 bits per heavy atom. The van der Waals surface area contributed by atoms with E-state index in [1.807, 2.05) is 38.1 Å². The average Bonchev–Trinajstić information content (AvgIpc) is 2.89. The van der Waals surface area contributed by atoms with E-state index < -0.39 is 10.0 Å². The third kappa shape index (κ3) is 5.03. The molecule has 0 aromatic heterocycles. The van der Waals surface area contributed by atoms with Crippen LogP contribution in [0.4, 0.5) is 0 Å². The molecular weight excluding hydrogens is 382 g/mol. The van der Waals surface area contributed by atoms with Crippen LogP contribution in [0.25, 0.3) is 0 Å². The lowest BCUT2D eigenvalue weighted by Gasteiger charge is -2.24. The minimum Gasteiger partial charge on any atom is -0.491 e. The minimum absolute atomic E-state index is 0.0539. The van der Waals surface area contributed by atoms with Gasteiger partial charge in [0.15, 0.2) is 0 Å². The predicted octanol–water partition coefficient (Wildman–Crippen LogP) is 5.09. The van der Waals surface area contributed by atoms with Crippen molar-refractivity contribution in [2.24, 2.45) is 0 Å². The maximum atomic E-state index is 13.2. The van der Waals surface area contributed by atoms with Gasteiger partial charge in [0.05, 0.1) is 11.0 Å².